The van der Waals surface area contributed by atoms with Gasteiger partial charge in [0, 0.05) is 22.8 Å². The number of benzene rings is 4. The van der Waals surface area contributed by atoms with Crippen LogP contribution in [0.3, 0.4) is 0 Å². The quantitative estimate of drug-likeness (QED) is 0.177. The number of nitrogens with one attached hydrogen (secondary N) is 1. The monoisotopic (exact) mass is 625 g/mol. The van der Waals surface area contributed by atoms with Gasteiger partial charge in [0.2, 0.25) is 0 Å². The molecule has 5 aromatic rings. The van der Waals surface area contributed by atoms with Crippen LogP contribution < -0.4 is 11.1 Å². The molecule has 8 rings (SSSR count). The Morgan fingerprint density at radius 2 is 1.68 bits per heavy atom. The highest BCUT2D eigenvalue weighted by atomic mass is 19.1. The highest BCUT2D eigenvalue weighted by Gasteiger charge is 2.34. The Morgan fingerprint density at radius 1 is 0.830 bits per heavy atom. The summed E-state index contributed by atoms with van der Waals surface area (Å²) in [6.45, 7) is 8.87. The Morgan fingerprint density at radius 3 is 2.47 bits per heavy atom. The SMILES string of the molecule is C=C(Nc1ccc(F)cc1N)c1cccc2cc(C3CC[C@H](c4ccnc5cc(C6CCC(C)O6)c(C6CC(C)C6)cc45)C3)ccc12. The molecule has 0 spiro atoms. The minimum absolute atomic E-state index is 0.198. The molecule has 0 amide bonds. The average molecular weight is 626 g/mol. The highest BCUT2D eigenvalue weighted by Crippen LogP contribution is 2.49. The van der Waals surface area contributed by atoms with Crippen molar-refractivity contribution in [1.29, 1.82) is 0 Å². The van der Waals surface area contributed by atoms with Crippen LogP contribution in [-0.4, -0.2) is 11.1 Å². The number of halogens is 1. The Balaban J connectivity index is 1.06. The molecule has 0 radical (unpaired) electrons. The van der Waals surface area contributed by atoms with Crippen LogP contribution in [0.25, 0.3) is 27.4 Å². The van der Waals surface area contributed by atoms with Gasteiger partial charge in [-0.2, -0.15) is 0 Å². The predicted octanol–water partition coefficient (Wildman–Crippen LogP) is 11.0. The number of anilines is 2. The third kappa shape index (κ3) is 5.69. The zero-order valence-electron chi connectivity index (χ0n) is 27.4. The van der Waals surface area contributed by atoms with Gasteiger partial charge < -0.3 is 15.8 Å². The van der Waals surface area contributed by atoms with Gasteiger partial charge in [0.15, 0.2) is 0 Å². The first kappa shape index (κ1) is 30.1. The second-order valence-electron chi connectivity index (χ2n) is 14.5. The lowest BCUT2D eigenvalue weighted by molar-refractivity contribution is 0.0544. The van der Waals surface area contributed by atoms with Crippen LogP contribution in [0.4, 0.5) is 15.8 Å². The fourth-order valence-corrected chi connectivity index (χ4v) is 8.69. The number of pyridine rings is 1. The number of fused-ring (bicyclic) bond motifs is 2. The summed E-state index contributed by atoms with van der Waals surface area (Å²) in [5.41, 5.74) is 15.7. The lowest BCUT2D eigenvalue weighted by atomic mass is 9.70. The van der Waals surface area contributed by atoms with Crippen molar-refractivity contribution in [2.45, 2.75) is 88.8 Å². The Labute approximate surface area is 277 Å². The molecule has 4 nitrogen and oxygen atoms in total. The van der Waals surface area contributed by atoms with Crippen LogP contribution >= 0.6 is 0 Å². The number of aromatic nitrogens is 1. The zero-order chi connectivity index (χ0) is 32.2. The molecule has 4 aromatic carbocycles. The summed E-state index contributed by atoms with van der Waals surface area (Å²) in [6, 6.07) is 24.8. The molecule has 1 aromatic heterocycles. The fraction of sp³-hybridized carbons (Fsp3) is 0.357. The standard InChI is InChI=1S/C42H44FN3O/c1-24-17-31(18-24)36-22-37-35(15-16-45-41(37)23-38(36)42-14-7-25(2)47-42)30-9-8-27(20-30)28-10-12-34-29(19-28)5-4-6-33(34)26(3)46-40-13-11-32(43)21-39(40)44/h4-6,10-13,15-16,19,21-25,27,30-31,42,46H,3,7-9,14,17-18,20,44H2,1-2H3/t24?,25?,27?,30-,31?,42?/m0/s1. The van der Waals surface area contributed by atoms with Crippen LogP contribution in [0.2, 0.25) is 0 Å². The van der Waals surface area contributed by atoms with Crippen molar-refractivity contribution in [3.8, 4) is 0 Å². The number of hydrogen-bond acceptors (Lipinski definition) is 4. The maximum atomic E-state index is 13.6. The maximum absolute atomic E-state index is 13.6. The van der Waals surface area contributed by atoms with E-state index in [1.807, 2.05) is 6.20 Å². The van der Waals surface area contributed by atoms with Crippen molar-refractivity contribution in [2.24, 2.45) is 5.92 Å². The Bertz CT molecular complexity index is 2000. The molecule has 2 aliphatic carbocycles. The minimum atomic E-state index is -0.353. The molecule has 47 heavy (non-hydrogen) atoms. The fourth-order valence-electron chi connectivity index (χ4n) is 8.69. The van der Waals surface area contributed by atoms with Gasteiger partial charge in [-0.15, -0.1) is 0 Å². The minimum Gasteiger partial charge on any atom is -0.397 e. The molecule has 2 heterocycles. The molecule has 4 atom stereocenters. The van der Waals surface area contributed by atoms with E-state index in [0.717, 1.165) is 47.3 Å². The van der Waals surface area contributed by atoms with Crippen molar-refractivity contribution in [2.75, 3.05) is 11.1 Å². The molecule has 5 heteroatoms. The second kappa shape index (κ2) is 12.1. The Hall–Kier alpha value is -4.22. The van der Waals surface area contributed by atoms with Crippen LogP contribution in [0.5, 0.6) is 0 Å². The summed E-state index contributed by atoms with van der Waals surface area (Å²) in [5, 5.41) is 6.98. The van der Waals surface area contributed by atoms with Crippen molar-refractivity contribution >= 4 is 38.7 Å². The van der Waals surface area contributed by atoms with E-state index in [1.54, 1.807) is 6.07 Å². The predicted molar refractivity (Wildman–Crippen MR) is 192 cm³/mol. The first-order valence-corrected chi connectivity index (χ1v) is 17.4. The van der Waals surface area contributed by atoms with Gasteiger partial charge >= 0.3 is 0 Å². The van der Waals surface area contributed by atoms with Gasteiger partial charge in [-0.05, 0) is 145 Å². The molecule has 0 bridgehead atoms. The number of hydrogen-bond donors (Lipinski definition) is 2. The van der Waals surface area contributed by atoms with E-state index in [0.29, 0.717) is 35.2 Å². The molecule has 3 fully saturated rings. The van der Waals surface area contributed by atoms with Gasteiger partial charge in [-0.1, -0.05) is 49.9 Å². The smallest absolute Gasteiger partial charge is 0.125 e. The highest BCUT2D eigenvalue weighted by molar-refractivity contribution is 5.97. The topological polar surface area (TPSA) is 60.2 Å². The molecule has 1 aliphatic heterocycles. The third-order valence-electron chi connectivity index (χ3n) is 11.2. The summed E-state index contributed by atoms with van der Waals surface area (Å²) < 4.78 is 20.0. The number of nitrogens with zero attached hydrogens (tertiary/aromatic N) is 1. The normalized spacial score (nSPS) is 25.7. The first-order valence-electron chi connectivity index (χ1n) is 17.4. The van der Waals surface area contributed by atoms with Crippen LogP contribution in [0, 0.1) is 11.7 Å². The first-order chi connectivity index (χ1) is 22.8. The summed E-state index contributed by atoms with van der Waals surface area (Å²) in [4.78, 5) is 4.90. The van der Waals surface area contributed by atoms with E-state index in [2.05, 4.69) is 80.3 Å². The van der Waals surface area contributed by atoms with Crippen molar-refractivity contribution in [3.63, 3.8) is 0 Å². The third-order valence-corrected chi connectivity index (χ3v) is 11.2. The number of ether oxygens (including phenoxy) is 1. The zero-order valence-corrected chi connectivity index (χ0v) is 27.4. The molecule has 1 saturated heterocycles. The largest absolute Gasteiger partial charge is 0.397 e. The van der Waals surface area contributed by atoms with Crippen molar-refractivity contribution < 1.29 is 9.13 Å². The molecule has 3 N–H and O–H groups in total. The number of nitrogens with two attached hydrogens (primary N) is 1. The van der Waals surface area contributed by atoms with E-state index in [9.17, 15) is 4.39 Å². The maximum Gasteiger partial charge on any atom is 0.125 e. The number of nitrogen functional groups attached to an aromatic ring is 1. The second-order valence-corrected chi connectivity index (χ2v) is 14.5. The van der Waals surface area contributed by atoms with Gasteiger partial charge in [-0.3, -0.25) is 4.98 Å². The van der Waals surface area contributed by atoms with E-state index in [4.69, 9.17) is 15.5 Å². The van der Waals surface area contributed by atoms with Crippen LogP contribution in [0.15, 0.2) is 85.6 Å². The summed E-state index contributed by atoms with van der Waals surface area (Å²) >= 11 is 0. The van der Waals surface area contributed by atoms with Crippen molar-refractivity contribution in [3.05, 3.63) is 119 Å². The molecule has 240 valence electrons. The van der Waals surface area contributed by atoms with E-state index < -0.39 is 0 Å². The van der Waals surface area contributed by atoms with Gasteiger partial charge in [-0.25, -0.2) is 4.39 Å². The molecule has 3 aliphatic rings. The molecule has 3 unspecified atom stereocenters. The average Bonchev–Trinajstić information content (AvgIpc) is 3.73. The van der Waals surface area contributed by atoms with E-state index in [-0.39, 0.29) is 11.9 Å². The molecular weight excluding hydrogens is 581 g/mol. The summed E-state index contributed by atoms with van der Waals surface area (Å²) in [5.74, 6) is 2.11. The molecule has 2 saturated carbocycles. The van der Waals surface area contributed by atoms with E-state index in [1.165, 1.54) is 70.8 Å². The van der Waals surface area contributed by atoms with Gasteiger partial charge in [0.05, 0.1) is 29.1 Å². The van der Waals surface area contributed by atoms with Gasteiger partial charge in [0.25, 0.3) is 0 Å². The van der Waals surface area contributed by atoms with Crippen molar-refractivity contribution in [1.82, 2.24) is 4.98 Å². The van der Waals surface area contributed by atoms with Gasteiger partial charge in [0.1, 0.15) is 5.82 Å². The summed E-state index contributed by atoms with van der Waals surface area (Å²) in [6.07, 6.45) is 10.8. The summed E-state index contributed by atoms with van der Waals surface area (Å²) in [7, 11) is 0. The van der Waals surface area contributed by atoms with E-state index >= 15 is 0 Å². The van der Waals surface area contributed by atoms with Crippen LogP contribution in [-0.2, 0) is 4.74 Å². The van der Waals surface area contributed by atoms with Crippen LogP contribution in [0.1, 0.15) is 110 Å². The lowest BCUT2D eigenvalue weighted by Gasteiger charge is -2.35. The number of rotatable bonds is 7. The lowest BCUT2D eigenvalue weighted by Crippen LogP contribution is -2.21. The molecular formula is C42H44FN3O. The Kier molecular flexibility index (Phi) is 7.76.